The summed E-state index contributed by atoms with van der Waals surface area (Å²) in [5.41, 5.74) is 6.62. The van der Waals surface area contributed by atoms with Crippen LogP contribution in [0.1, 0.15) is 29.4 Å². The number of nitrogens with zero attached hydrogens (tertiary/aromatic N) is 4. The third kappa shape index (κ3) is 3.66. The van der Waals surface area contributed by atoms with Gasteiger partial charge in [-0.05, 0) is 30.5 Å². The van der Waals surface area contributed by atoms with E-state index in [1.165, 1.54) is 16.8 Å². The molecule has 1 saturated heterocycles. The van der Waals surface area contributed by atoms with Gasteiger partial charge in [-0.2, -0.15) is 0 Å². The number of aromatic nitrogens is 2. The second kappa shape index (κ2) is 7.26. The summed E-state index contributed by atoms with van der Waals surface area (Å²) in [4.78, 5) is 40.0. The Morgan fingerprint density at radius 2 is 2.15 bits per heavy atom. The number of azide groups is 1. The molecule has 2 atom stereocenters. The lowest BCUT2D eigenvalue weighted by Crippen LogP contribution is -2.36. The Kier molecular flexibility index (Phi) is 4.87. The molecule has 1 aromatic heterocycles. The zero-order valence-corrected chi connectivity index (χ0v) is 13.6. The Labute approximate surface area is 146 Å². The zero-order valence-electron chi connectivity index (χ0n) is 13.6. The second-order valence-corrected chi connectivity index (χ2v) is 5.71. The molecule has 10 nitrogen and oxygen atoms in total. The molecule has 2 aromatic rings. The minimum absolute atomic E-state index is 0.245. The zero-order chi connectivity index (χ0) is 18.6. The fraction of sp³-hybridized carbons (Fsp3) is 0.312. The number of nitrogens with one attached hydrogen (secondary N) is 1. The quantitative estimate of drug-likeness (QED) is 0.375. The van der Waals surface area contributed by atoms with E-state index < -0.39 is 29.2 Å². The Bertz CT molecular complexity index is 963. The van der Waals surface area contributed by atoms with Gasteiger partial charge in [0.15, 0.2) is 5.72 Å². The van der Waals surface area contributed by atoms with E-state index in [9.17, 15) is 14.4 Å². The summed E-state index contributed by atoms with van der Waals surface area (Å²) in [6, 6.07) is 9.55. The Morgan fingerprint density at radius 3 is 2.85 bits per heavy atom. The van der Waals surface area contributed by atoms with E-state index in [-0.39, 0.29) is 13.0 Å². The van der Waals surface area contributed by atoms with Crippen molar-refractivity contribution >= 4 is 5.97 Å². The highest BCUT2D eigenvalue weighted by Crippen LogP contribution is 2.37. The van der Waals surface area contributed by atoms with Gasteiger partial charge in [0, 0.05) is 17.2 Å². The van der Waals surface area contributed by atoms with E-state index in [0.29, 0.717) is 12.0 Å². The molecule has 0 saturated carbocycles. The van der Waals surface area contributed by atoms with Crippen LogP contribution in [0.25, 0.3) is 10.4 Å². The summed E-state index contributed by atoms with van der Waals surface area (Å²) < 4.78 is 12.1. The first-order valence-electron chi connectivity index (χ1n) is 7.81. The number of H-pyrrole nitrogens is 1. The van der Waals surface area contributed by atoms with Crippen molar-refractivity contribution in [3.63, 3.8) is 0 Å². The number of esters is 1. The molecule has 26 heavy (non-hydrogen) atoms. The molecule has 2 heterocycles. The fourth-order valence-corrected chi connectivity index (χ4v) is 2.70. The molecule has 1 aromatic carbocycles. The molecule has 10 heteroatoms. The standard InChI is InChI=1S/C16H15N5O5/c17-20-19-16(10-25-14(23)11-4-2-1-3-5-11)8-6-13(26-16)21-9-7-12(22)18-15(21)24/h1-5,7,9,13H,6,8,10H2,(H,18,22,24)/t13-,16+/m1/s1. The third-order valence-corrected chi connectivity index (χ3v) is 3.96. The lowest BCUT2D eigenvalue weighted by Gasteiger charge is -2.24. The highest BCUT2D eigenvalue weighted by atomic mass is 16.6. The maximum absolute atomic E-state index is 12.1. The van der Waals surface area contributed by atoms with Crippen molar-refractivity contribution in [2.24, 2.45) is 5.11 Å². The van der Waals surface area contributed by atoms with Crippen LogP contribution in [0.2, 0.25) is 0 Å². The number of carbonyl (C=O) groups excluding carboxylic acids is 1. The van der Waals surface area contributed by atoms with Crippen molar-refractivity contribution < 1.29 is 14.3 Å². The average molecular weight is 357 g/mol. The average Bonchev–Trinajstić information content (AvgIpc) is 3.05. The van der Waals surface area contributed by atoms with Crippen LogP contribution in [-0.4, -0.2) is 27.9 Å². The van der Waals surface area contributed by atoms with Crippen molar-refractivity contribution in [3.05, 3.63) is 79.4 Å². The summed E-state index contributed by atoms with van der Waals surface area (Å²) in [5.74, 6) is -0.577. The van der Waals surface area contributed by atoms with Crippen molar-refractivity contribution in [3.8, 4) is 0 Å². The van der Waals surface area contributed by atoms with Crippen LogP contribution in [0, 0.1) is 0 Å². The monoisotopic (exact) mass is 357 g/mol. The van der Waals surface area contributed by atoms with Gasteiger partial charge in [-0.25, -0.2) is 9.59 Å². The van der Waals surface area contributed by atoms with Gasteiger partial charge in [0.2, 0.25) is 0 Å². The van der Waals surface area contributed by atoms with E-state index in [4.69, 9.17) is 15.0 Å². The number of ether oxygens (including phenoxy) is 2. The van der Waals surface area contributed by atoms with Crippen molar-refractivity contribution in [2.75, 3.05) is 6.61 Å². The van der Waals surface area contributed by atoms with Gasteiger partial charge in [0.1, 0.15) is 12.8 Å². The van der Waals surface area contributed by atoms with Crippen molar-refractivity contribution in [1.82, 2.24) is 9.55 Å². The van der Waals surface area contributed by atoms with Gasteiger partial charge < -0.3 is 9.47 Å². The molecule has 1 aliphatic heterocycles. The number of carbonyl (C=O) groups is 1. The SMILES string of the molecule is [N-]=[N+]=N[C@@]1(COC(=O)c2ccccc2)CC[C@H](n2ccc(=O)[nH]c2=O)O1. The van der Waals surface area contributed by atoms with E-state index in [0.717, 1.165) is 0 Å². The maximum atomic E-state index is 12.1. The number of rotatable bonds is 5. The van der Waals surface area contributed by atoms with Crippen molar-refractivity contribution in [1.29, 1.82) is 0 Å². The van der Waals surface area contributed by atoms with E-state index in [1.807, 2.05) is 0 Å². The lowest BCUT2D eigenvalue weighted by atomic mass is 10.1. The Balaban J connectivity index is 1.75. The number of aromatic amines is 1. The summed E-state index contributed by atoms with van der Waals surface area (Å²) >= 11 is 0. The molecule has 0 amide bonds. The van der Waals surface area contributed by atoms with Crippen LogP contribution in [0.5, 0.6) is 0 Å². The minimum atomic E-state index is -1.42. The van der Waals surface area contributed by atoms with Crippen LogP contribution in [0.3, 0.4) is 0 Å². The Hall–Kier alpha value is -3.36. The molecule has 134 valence electrons. The fourth-order valence-electron chi connectivity index (χ4n) is 2.70. The lowest BCUT2D eigenvalue weighted by molar-refractivity contribution is -0.0989. The van der Waals surface area contributed by atoms with E-state index >= 15 is 0 Å². The largest absolute Gasteiger partial charge is 0.459 e. The van der Waals surface area contributed by atoms with Gasteiger partial charge in [-0.1, -0.05) is 23.3 Å². The summed E-state index contributed by atoms with van der Waals surface area (Å²) in [6.45, 7) is -0.292. The normalized spacial score (nSPS) is 21.8. The highest BCUT2D eigenvalue weighted by Gasteiger charge is 2.42. The minimum Gasteiger partial charge on any atom is -0.459 e. The third-order valence-electron chi connectivity index (χ3n) is 3.96. The summed E-state index contributed by atoms with van der Waals surface area (Å²) in [5, 5.41) is 3.64. The van der Waals surface area contributed by atoms with E-state index in [2.05, 4.69) is 15.0 Å². The molecular formula is C16H15N5O5. The molecule has 0 aliphatic carbocycles. The molecule has 3 rings (SSSR count). The van der Waals surface area contributed by atoms with Gasteiger partial charge in [0.05, 0.1) is 5.56 Å². The molecule has 1 fully saturated rings. The van der Waals surface area contributed by atoms with Crippen LogP contribution in [0.4, 0.5) is 0 Å². The number of hydrogen-bond acceptors (Lipinski definition) is 6. The smallest absolute Gasteiger partial charge is 0.338 e. The highest BCUT2D eigenvalue weighted by molar-refractivity contribution is 5.89. The first kappa shape index (κ1) is 17.5. The first-order valence-corrected chi connectivity index (χ1v) is 7.81. The van der Waals surface area contributed by atoms with Gasteiger partial charge in [-0.3, -0.25) is 14.3 Å². The molecular weight excluding hydrogens is 342 g/mol. The van der Waals surface area contributed by atoms with Crippen molar-refractivity contribution in [2.45, 2.75) is 24.8 Å². The topological polar surface area (TPSA) is 139 Å². The van der Waals surface area contributed by atoms with Crippen LogP contribution < -0.4 is 11.2 Å². The molecule has 0 radical (unpaired) electrons. The predicted octanol–water partition coefficient (Wildman–Crippen LogP) is 1.71. The number of hydrogen-bond donors (Lipinski definition) is 1. The second-order valence-electron chi connectivity index (χ2n) is 5.71. The summed E-state index contributed by atoms with van der Waals surface area (Å²) in [7, 11) is 0. The van der Waals surface area contributed by atoms with Crippen LogP contribution >= 0.6 is 0 Å². The van der Waals surface area contributed by atoms with Gasteiger partial charge >= 0.3 is 11.7 Å². The summed E-state index contributed by atoms with van der Waals surface area (Å²) in [6.07, 6.45) is 1.14. The molecule has 0 spiro atoms. The van der Waals surface area contributed by atoms with Gasteiger partial charge in [0.25, 0.3) is 5.56 Å². The molecule has 0 unspecified atom stereocenters. The number of benzene rings is 1. The maximum Gasteiger partial charge on any atom is 0.338 e. The first-order chi connectivity index (χ1) is 12.5. The van der Waals surface area contributed by atoms with Crippen LogP contribution in [-0.2, 0) is 9.47 Å². The van der Waals surface area contributed by atoms with Gasteiger partial charge in [-0.15, -0.1) is 0 Å². The Morgan fingerprint density at radius 1 is 1.38 bits per heavy atom. The molecule has 0 bridgehead atoms. The van der Waals surface area contributed by atoms with Crippen LogP contribution in [0.15, 0.2) is 57.3 Å². The predicted molar refractivity (Wildman–Crippen MR) is 89.3 cm³/mol. The van der Waals surface area contributed by atoms with E-state index in [1.54, 1.807) is 30.3 Å². The molecule has 1 aliphatic rings. The molecule has 1 N–H and O–H groups in total.